The molecule has 0 fully saturated rings. The molecule has 0 aliphatic carbocycles. The van der Waals surface area contributed by atoms with Crippen molar-refractivity contribution in [2.45, 2.75) is 13.0 Å². The van der Waals surface area contributed by atoms with Crippen LogP contribution in [-0.4, -0.2) is 13.2 Å². The van der Waals surface area contributed by atoms with Gasteiger partial charge in [-0.25, -0.2) is 4.39 Å². The van der Waals surface area contributed by atoms with Gasteiger partial charge in [-0.3, -0.25) is 0 Å². The summed E-state index contributed by atoms with van der Waals surface area (Å²) in [5.41, 5.74) is 6.23. The van der Waals surface area contributed by atoms with Crippen LogP contribution in [0.2, 0.25) is 0 Å². The Morgan fingerprint density at radius 1 is 1.46 bits per heavy atom. The van der Waals surface area contributed by atoms with E-state index >= 15 is 0 Å². The zero-order valence-electron chi connectivity index (χ0n) is 7.66. The maximum atomic E-state index is 13.1. The second kappa shape index (κ2) is 4.94. The summed E-state index contributed by atoms with van der Waals surface area (Å²) in [6.07, 6.45) is 0. The normalized spacial score (nSPS) is 12.8. The zero-order chi connectivity index (χ0) is 9.68. The van der Waals surface area contributed by atoms with Gasteiger partial charge in [-0.1, -0.05) is 18.2 Å². The number of halogens is 1. The van der Waals surface area contributed by atoms with Gasteiger partial charge in [0.2, 0.25) is 0 Å². The van der Waals surface area contributed by atoms with Crippen LogP contribution in [0.15, 0.2) is 24.3 Å². The summed E-state index contributed by atoms with van der Waals surface area (Å²) in [7, 11) is 0. The number of hydrogen-bond acceptors (Lipinski definition) is 2. The molecule has 3 heteroatoms. The van der Waals surface area contributed by atoms with Crippen LogP contribution in [0.3, 0.4) is 0 Å². The van der Waals surface area contributed by atoms with Gasteiger partial charge in [-0.05, 0) is 13.0 Å². The predicted octanol–water partition coefficient (Wildman–Crippen LogP) is 1.86. The summed E-state index contributed by atoms with van der Waals surface area (Å²) >= 11 is 0. The third-order valence-electron chi connectivity index (χ3n) is 1.81. The van der Waals surface area contributed by atoms with Crippen LogP contribution in [0.25, 0.3) is 0 Å². The maximum Gasteiger partial charge on any atom is 0.128 e. The van der Waals surface area contributed by atoms with E-state index in [1.54, 1.807) is 18.2 Å². The van der Waals surface area contributed by atoms with Crippen molar-refractivity contribution in [1.82, 2.24) is 0 Å². The average molecular weight is 183 g/mol. The fourth-order valence-corrected chi connectivity index (χ4v) is 1.11. The molecule has 1 atom stereocenters. The summed E-state index contributed by atoms with van der Waals surface area (Å²) in [4.78, 5) is 0. The molecule has 0 saturated carbocycles. The number of hydrogen-bond donors (Lipinski definition) is 1. The molecule has 0 heterocycles. The average Bonchev–Trinajstić information content (AvgIpc) is 2.15. The molecule has 1 aromatic rings. The minimum absolute atomic E-state index is 0.269. The first kappa shape index (κ1) is 10.2. The van der Waals surface area contributed by atoms with Gasteiger partial charge in [0, 0.05) is 12.2 Å². The summed E-state index contributed by atoms with van der Waals surface area (Å²) in [6.45, 7) is 2.84. The maximum absolute atomic E-state index is 13.1. The summed E-state index contributed by atoms with van der Waals surface area (Å²) in [5.74, 6) is -0.269. The molecule has 1 aromatic carbocycles. The van der Waals surface area contributed by atoms with Crippen molar-refractivity contribution < 1.29 is 9.13 Å². The Labute approximate surface area is 77.5 Å². The second-order valence-electron chi connectivity index (χ2n) is 2.79. The van der Waals surface area contributed by atoms with E-state index in [2.05, 4.69) is 0 Å². The highest BCUT2D eigenvalue weighted by Gasteiger charge is 2.09. The predicted molar refractivity (Wildman–Crippen MR) is 49.8 cm³/mol. The van der Waals surface area contributed by atoms with Gasteiger partial charge in [0.15, 0.2) is 0 Å². The number of nitrogens with two attached hydrogens (primary N) is 1. The van der Waals surface area contributed by atoms with Crippen molar-refractivity contribution in [2.24, 2.45) is 5.73 Å². The largest absolute Gasteiger partial charge is 0.380 e. The molecule has 0 saturated heterocycles. The van der Waals surface area contributed by atoms with Gasteiger partial charge in [0.05, 0.1) is 12.6 Å². The lowest BCUT2D eigenvalue weighted by Gasteiger charge is -2.12. The first-order chi connectivity index (χ1) is 6.25. The summed E-state index contributed by atoms with van der Waals surface area (Å²) in [6, 6.07) is 6.12. The van der Waals surface area contributed by atoms with Gasteiger partial charge in [-0.15, -0.1) is 0 Å². The van der Waals surface area contributed by atoms with Crippen molar-refractivity contribution in [3.05, 3.63) is 35.6 Å². The molecule has 0 spiro atoms. The molecule has 1 unspecified atom stereocenters. The molecule has 72 valence electrons. The highest BCUT2D eigenvalue weighted by Crippen LogP contribution is 2.14. The smallest absolute Gasteiger partial charge is 0.128 e. The molecule has 2 N–H and O–H groups in total. The standard InChI is InChI=1S/C10H14FNO/c1-2-13-7-10(12)8-5-3-4-6-9(8)11/h3-6,10H,2,7,12H2,1H3. The van der Waals surface area contributed by atoms with Crippen molar-refractivity contribution in [3.63, 3.8) is 0 Å². The fourth-order valence-electron chi connectivity index (χ4n) is 1.11. The van der Waals surface area contributed by atoms with Crippen LogP contribution in [0.4, 0.5) is 4.39 Å². The van der Waals surface area contributed by atoms with E-state index in [1.165, 1.54) is 6.07 Å². The zero-order valence-corrected chi connectivity index (χ0v) is 7.66. The van der Waals surface area contributed by atoms with Crippen molar-refractivity contribution in [3.8, 4) is 0 Å². The lowest BCUT2D eigenvalue weighted by Crippen LogP contribution is -2.18. The van der Waals surface area contributed by atoms with Crippen LogP contribution < -0.4 is 5.73 Å². The van der Waals surface area contributed by atoms with Gasteiger partial charge in [0.25, 0.3) is 0 Å². The lowest BCUT2D eigenvalue weighted by atomic mass is 10.1. The van der Waals surface area contributed by atoms with E-state index in [-0.39, 0.29) is 11.9 Å². The Hall–Kier alpha value is -0.930. The molecule has 0 aliphatic rings. The Morgan fingerprint density at radius 2 is 2.15 bits per heavy atom. The topological polar surface area (TPSA) is 35.2 Å². The van der Waals surface area contributed by atoms with Crippen molar-refractivity contribution >= 4 is 0 Å². The van der Waals surface area contributed by atoms with Crippen LogP contribution in [-0.2, 0) is 4.74 Å². The van der Waals surface area contributed by atoms with Crippen molar-refractivity contribution in [2.75, 3.05) is 13.2 Å². The van der Waals surface area contributed by atoms with Gasteiger partial charge < -0.3 is 10.5 Å². The Bertz CT molecular complexity index is 265. The number of rotatable bonds is 4. The molecule has 2 nitrogen and oxygen atoms in total. The Morgan fingerprint density at radius 3 is 2.77 bits per heavy atom. The van der Waals surface area contributed by atoms with E-state index in [4.69, 9.17) is 10.5 Å². The third-order valence-corrected chi connectivity index (χ3v) is 1.81. The SMILES string of the molecule is CCOCC(N)c1ccccc1F. The van der Waals surface area contributed by atoms with Crippen molar-refractivity contribution in [1.29, 1.82) is 0 Å². The minimum atomic E-state index is -0.374. The molecule has 1 rings (SSSR count). The second-order valence-corrected chi connectivity index (χ2v) is 2.79. The third kappa shape index (κ3) is 2.79. The van der Waals surface area contributed by atoms with Crippen LogP contribution in [0.1, 0.15) is 18.5 Å². The van der Waals surface area contributed by atoms with E-state index in [0.29, 0.717) is 18.8 Å². The number of benzene rings is 1. The fraction of sp³-hybridized carbons (Fsp3) is 0.400. The summed E-state index contributed by atoms with van der Waals surface area (Å²) < 4.78 is 18.2. The highest BCUT2D eigenvalue weighted by atomic mass is 19.1. The first-order valence-electron chi connectivity index (χ1n) is 4.33. The highest BCUT2D eigenvalue weighted by molar-refractivity contribution is 5.20. The van der Waals surface area contributed by atoms with E-state index in [9.17, 15) is 4.39 Å². The molecular weight excluding hydrogens is 169 g/mol. The molecule has 0 bridgehead atoms. The summed E-state index contributed by atoms with van der Waals surface area (Å²) in [5, 5.41) is 0. The molecule has 0 aliphatic heterocycles. The van der Waals surface area contributed by atoms with E-state index < -0.39 is 0 Å². The quantitative estimate of drug-likeness (QED) is 0.773. The van der Waals surface area contributed by atoms with Gasteiger partial charge in [-0.2, -0.15) is 0 Å². The molecule has 0 amide bonds. The van der Waals surface area contributed by atoms with Crippen LogP contribution in [0, 0.1) is 5.82 Å². The van der Waals surface area contributed by atoms with Crippen LogP contribution >= 0.6 is 0 Å². The Balaban J connectivity index is 2.65. The van der Waals surface area contributed by atoms with Gasteiger partial charge in [0.1, 0.15) is 5.82 Å². The van der Waals surface area contributed by atoms with Crippen LogP contribution in [0.5, 0.6) is 0 Å². The Kier molecular flexibility index (Phi) is 3.86. The first-order valence-corrected chi connectivity index (χ1v) is 4.33. The molecular formula is C10H14FNO. The number of ether oxygens (including phenoxy) is 1. The van der Waals surface area contributed by atoms with Gasteiger partial charge >= 0.3 is 0 Å². The molecule has 13 heavy (non-hydrogen) atoms. The lowest BCUT2D eigenvalue weighted by molar-refractivity contribution is 0.132. The van der Waals surface area contributed by atoms with E-state index in [1.807, 2.05) is 6.92 Å². The monoisotopic (exact) mass is 183 g/mol. The molecule has 0 radical (unpaired) electrons. The van der Waals surface area contributed by atoms with E-state index in [0.717, 1.165) is 0 Å². The molecule has 0 aromatic heterocycles. The minimum Gasteiger partial charge on any atom is -0.380 e.